The van der Waals surface area contributed by atoms with Crippen molar-refractivity contribution in [3.63, 3.8) is 0 Å². The maximum Gasteiger partial charge on any atom is 0.257 e. The Kier molecular flexibility index (Phi) is 5.27. The van der Waals surface area contributed by atoms with Crippen LogP contribution in [0, 0.1) is 13.8 Å². The molecule has 0 atom stereocenters. The lowest BCUT2D eigenvalue weighted by Gasteiger charge is -2.02. The van der Waals surface area contributed by atoms with E-state index in [0.717, 1.165) is 15.7 Å². The van der Waals surface area contributed by atoms with Gasteiger partial charge in [0.2, 0.25) is 5.13 Å². The molecule has 1 heterocycles. The summed E-state index contributed by atoms with van der Waals surface area (Å²) in [7, 11) is 0. The van der Waals surface area contributed by atoms with Gasteiger partial charge in [0.1, 0.15) is 0 Å². The molecule has 0 bridgehead atoms. The second-order valence-electron chi connectivity index (χ2n) is 5.41. The van der Waals surface area contributed by atoms with Crippen molar-refractivity contribution >= 4 is 34.1 Å². The molecule has 0 saturated heterocycles. The number of nitrogens with one attached hydrogen (secondary N) is 1. The molecule has 24 heavy (non-hydrogen) atoms. The molecule has 1 amide bonds. The van der Waals surface area contributed by atoms with Crippen LogP contribution in [0.2, 0.25) is 0 Å². The van der Waals surface area contributed by atoms with Crippen molar-refractivity contribution < 1.29 is 4.79 Å². The Hall–Kier alpha value is -2.18. The minimum atomic E-state index is -0.162. The van der Waals surface area contributed by atoms with E-state index in [1.54, 1.807) is 17.8 Å². The number of anilines is 1. The molecule has 122 valence electrons. The lowest BCUT2D eigenvalue weighted by atomic mass is 10.1. The molecule has 0 aliphatic rings. The summed E-state index contributed by atoms with van der Waals surface area (Å²) >= 11 is 3.02. The van der Waals surface area contributed by atoms with E-state index < -0.39 is 0 Å². The molecule has 1 aromatic heterocycles. The van der Waals surface area contributed by atoms with Crippen molar-refractivity contribution in [2.24, 2.45) is 0 Å². The zero-order valence-electron chi connectivity index (χ0n) is 13.4. The minimum Gasteiger partial charge on any atom is -0.296 e. The second kappa shape index (κ2) is 7.59. The van der Waals surface area contributed by atoms with Crippen LogP contribution < -0.4 is 5.32 Å². The lowest BCUT2D eigenvalue weighted by Crippen LogP contribution is -2.11. The van der Waals surface area contributed by atoms with E-state index in [9.17, 15) is 4.79 Å². The number of nitrogens with zero attached hydrogens (tertiary/aromatic N) is 2. The van der Waals surface area contributed by atoms with Gasteiger partial charge in [-0.2, -0.15) is 0 Å². The van der Waals surface area contributed by atoms with E-state index in [-0.39, 0.29) is 5.91 Å². The van der Waals surface area contributed by atoms with Gasteiger partial charge in [-0.3, -0.25) is 10.1 Å². The number of carbonyl (C=O) groups is 1. The average molecular weight is 355 g/mol. The maximum atomic E-state index is 12.2. The van der Waals surface area contributed by atoms with Crippen molar-refractivity contribution in [1.82, 2.24) is 10.2 Å². The number of hydrogen-bond acceptors (Lipinski definition) is 5. The Labute approximate surface area is 149 Å². The van der Waals surface area contributed by atoms with Gasteiger partial charge >= 0.3 is 0 Å². The first-order valence-corrected chi connectivity index (χ1v) is 9.31. The molecule has 0 fully saturated rings. The van der Waals surface area contributed by atoms with Gasteiger partial charge in [0, 0.05) is 11.3 Å². The van der Waals surface area contributed by atoms with Gasteiger partial charge in [0.25, 0.3) is 5.91 Å². The van der Waals surface area contributed by atoms with Crippen LogP contribution in [0.25, 0.3) is 0 Å². The fraction of sp³-hybridized carbons (Fsp3) is 0.167. The highest BCUT2D eigenvalue weighted by Crippen LogP contribution is 2.29. The number of thioether (sulfide) groups is 1. The summed E-state index contributed by atoms with van der Waals surface area (Å²) < 4.78 is 0.845. The summed E-state index contributed by atoms with van der Waals surface area (Å²) in [6.45, 7) is 4.06. The van der Waals surface area contributed by atoms with Gasteiger partial charge in [0.15, 0.2) is 4.34 Å². The summed E-state index contributed by atoms with van der Waals surface area (Å²) in [5, 5.41) is 11.5. The number of benzene rings is 2. The van der Waals surface area contributed by atoms with Gasteiger partial charge in [-0.15, -0.1) is 10.2 Å². The van der Waals surface area contributed by atoms with Crippen LogP contribution in [0.4, 0.5) is 5.13 Å². The summed E-state index contributed by atoms with van der Waals surface area (Å²) in [6.07, 6.45) is 0. The van der Waals surface area contributed by atoms with Crippen LogP contribution in [0.5, 0.6) is 0 Å². The topological polar surface area (TPSA) is 54.9 Å². The summed E-state index contributed by atoms with van der Waals surface area (Å²) in [5.41, 5.74) is 4.22. The van der Waals surface area contributed by atoms with Crippen LogP contribution in [-0.4, -0.2) is 16.1 Å². The monoisotopic (exact) mass is 355 g/mol. The molecule has 1 N–H and O–H groups in total. The zero-order chi connectivity index (χ0) is 16.9. The van der Waals surface area contributed by atoms with Crippen LogP contribution >= 0.6 is 23.1 Å². The molecule has 0 spiro atoms. The van der Waals surface area contributed by atoms with Crippen LogP contribution in [0.3, 0.4) is 0 Å². The number of hydrogen-bond donors (Lipinski definition) is 1. The SMILES string of the molecule is Cc1cccc(C(=O)Nc2nnc(SCc3ccccc3C)s2)c1. The predicted molar refractivity (Wildman–Crippen MR) is 99.8 cm³/mol. The van der Waals surface area contributed by atoms with Crippen LogP contribution in [0.1, 0.15) is 27.0 Å². The Balaban J connectivity index is 1.61. The molecule has 0 saturated carbocycles. The van der Waals surface area contributed by atoms with Crippen LogP contribution in [0.15, 0.2) is 52.9 Å². The summed E-state index contributed by atoms with van der Waals surface area (Å²) in [6, 6.07) is 15.8. The molecule has 4 nitrogen and oxygen atoms in total. The molecule has 2 aromatic carbocycles. The largest absolute Gasteiger partial charge is 0.296 e. The predicted octanol–water partition coefficient (Wildman–Crippen LogP) is 4.70. The van der Waals surface area contributed by atoms with Gasteiger partial charge in [-0.1, -0.05) is 65.1 Å². The molecular formula is C18H17N3OS2. The lowest BCUT2D eigenvalue weighted by molar-refractivity contribution is 0.102. The standard InChI is InChI=1S/C18H17N3OS2/c1-12-6-5-9-14(10-12)16(22)19-17-20-21-18(24-17)23-11-15-8-4-3-7-13(15)2/h3-10H,11H2,1-2H3,(H,19,20,22). The molecule has 0 aliphatic heterocycles. The van der Waals surface area contributed by atoms with Crippen molar-refractivity contribution in [2.45, 2.75) is 23.9 Å². The van der Waals surface area contributed by atoms with E-state index in [4.69, 9.17) is 0 Å². The first-order valence-electron chi connectivity index (χ1n) is 7.50. The summed E-state index contributed by atoms with van der Waals surface area (Å²) in [4.78, 5) is 12.2. The molecule has 0 unspecified atom stereocenters. The quantitative estimate of drug-likeness (QED) is 0.532. The van der Waals surface area contributed by atoms with Gasteiger partial charge in [-0.05, 0) is 37.1 Å². The Bertz CT molecular complexity index is 861. The third-order valence-electron chi connectivity index (χ3n) is 3.52. The van der Waals surface area contributed by atoms with E-state index >= 15 is 0 Å². The number of amides is 1. The van der Waals surface area contributed by atoms with E-state index in [1.165, 1.54) is 22.5 Å². The van der Waals surface area contributed by atoms with Crippen molar-refractivity contribution in [3.8, 4) is 0 Å². The van der Waals surface area contributed by atoms with Gasteiger partial charge in [-0.25, -0.2) is 0 Å². The van der Waals surface area contributed by atoms with E-state index in [2.05, 4.69) is 34.6 Å². The molecule has 0 radical (unpaired) electrons. The number of aryl methyl sites for hydroxylation is 2. The highest BCUT2D eigenvalue weighted by atomic mass is 32.2. The second-order valence-corrected chi connectivity index (χ2v) is 7.61. The average Bonchev–Trinajstić information content (AvgIpc) is 3.01. The minimum absolute atomic E-state index is 0.162. The Morgan fingerprint density at radius 1 is 1.12 bits per heavy atom. The molecule has 3 aromatic rings. The van der Waals surface area contributed by atoms with Crippen molar-refractivity contribution in [2.75, 3.05) is 5.32 Å². The molecular weight excluding hydrogens is 338 g/mol. The normalized spacial score (nSPS) is 10.6. The molecule has 6 heteroatoms. The first kappa shape index (κ1) is 16.7. The third-order valence-corrected chi connectivity index (χ3v) is 5.54. The number of rotatable bonds is 5. The van der Waals surface area contributed by atoms with Gasteiger partial charge in [0.05, 0.1) is 0 Å². The fourth-order valence-electron chi connectivity index (χ4n) is 2.19. The number of carbonyl (C=O) groups excluding carboxylic acids is 1. The number of aromatic nitrogens is 2. The first-order chi connectivity index (χ1) is 11.6. The summed E-state index contributed by atoms with van der Waals surface area (Å²) in [5.74, 6) is 0.679. The Morgan fingerprint density at radius 3 is 2.75 bits per heavy atom. The third kappa shape index (κ3) is 4.21. The molecule has 3 rings (SSSR count). The van der Waals surface area contributed by atoms with Crippen molar-refractivity contribution in [1.29, 1.82) is 0 Å². The highest BCUT2D eigenvalue weighted by Gasteiger charge is 2.11. The van der Waals surface area contributed by atoms with Crippen molar-refractivity contribution in [3.05, 3.63) is 70.8 Å². The molecule has 0 aliphatic carbocycles. The van der Waals surface area contributed by atoms with Gasteiger partial charge < -0.3 is 0 Å². The maximum absolute atomic E-state index is 12.2. The van der Waals surface area contributed by atoms with E-state index in [0.29, 0.717) is 10.7 Å². The highest BCUT2D eigenvalue weighted by molar-refractivity contribution is 8.00. The fourth-order valence-corrected chi connectivity index (χ4v) is 4.01. The smallest absolute Gasteiger partial charge is 0.257 e. The van der Waals surface area contributed by atoms with E-state index in [1.807, 2.05) is 37.3 Å². The Morgan fingerprint density at radius 2 is 1.96 bits per heavy atom. The van der Waals surface area contributed by atoms with Crippen LogP contribution in [-0.2, 0) is 5.75 Å². The zero-order valence-corrected chi connectivity index (χ0v) is 15.1.